The molecule has 1 saturated heterocycles. The quantitative estimate of drug-likeness (QED) is 0.672. The van der Waals surface area contributed by atoms with Crippen LogP contribution >= 0.6 is 0 Å². The van der Waals surface area contributed by atoms with Crippen LogP contribution in [0.1, 0.15) is 29.3 Å². The molecular weight excluding hydrogens is 258 g/mol. The zero-order valence-electron chi connectivity index (χ0n) is 11.7. The minimum atomic E-state index is -0.501. The molecule has 0 aromatic heterocycles. The van der Waals surface area contributed by atoms with E-state index in [0.717, 1.165) is 6.42 Å². The second-order valence-corrected chi connectivity index (χ2v) is 5.39. The molecule has 6 heteroatoms. The van der Waals surface area contributed by atoms with E-state index in [4.69, 9.17) is 5.73 Å². The Kier molecular flexibility index (Phi) is 4.04. The van der Waals surface area contributed by atoms with Gasteiger partial charge in [-0.05, 0) is 31.7 Å². The van der Waals surface area contributed by atoms with Crippen molar-refractivity contribution in [1.82, 2.24) is 4.90 Å². The summed E-state index contributed by atoms with van der Waals surface area (Å²) in [6, 6.07) is 4.72. The largest absolute Gasteiger partial charge is 0.338 e. The number of likely N-dealkylation sites (tertiary alicyclic amines) is 1. The maximum absolute atomic E-state index is 12.5. The first-order chi connectivity index (χ1) is 9.41. The van der Waals surface area contributed by atoms with Crippen LogP contribution in [0.3, 0.4) is 0 Å². The number of nitrogens with zero attached hydrogens (tertiary/aromatic N) is 2. The molecule has 1 aromatic carbocycles. The third-order valence-corrected chi connectivity index (χ3v) is 3.92. The van der Waals surface area contributed by atoms with E-state index in [9.17, 15) is 14.9 Å². The van der Waals surface area contributed by atoms with Gasteiger partial charge in [0, 0.05) is 25.2 Å². The Morgan fingerprint density at radius 2 is 2.25 bits per heavy atom. The number of benzene rings is 1. The number of carbonyl (C=O) groups excluding carboxylic acids is 1. The normalized spacial score (nSPS) is 19.9. The summed E-state index contributed by atoms with van der Waals surface area (Å²) in [6.45, 7) is 4.83. The van der Waals surface area contributed by atoms with Gasteiger partial charge in [-0.2, -0.15) is 0 Å². The van der Waals surface area contributed by atoms with Crippen molar-refractivity contribution in [2.75, 3.05) is 13.1 Å². The van der Waals surface area contributed by atoms with Crippen molar-refractivity contribution in [2.45, 2.75) is 26.3 Å². The standard InChI is InChI=1S/C14H19N3O3/c1-9-4-3-5-12(17(19)20)13(9)14(18)16-7-6-11(8-16)10(2)15/h3-5,10-11H,6-8,15H2,1-2H3. The van der Waals surface area contributed by atoms with Gasteiger partial charge in [0.15, 0.2) is 0 Å². The number of hydrogen-bond donors (Lipinski definition) is 1. The molecule has 2 atom stereocenters. The van der Waals surface area contributed by atoms with Gasteiger partial charge in [-0.15, -0.1) is 0 Å². The molecule has 0 aliphatic carbocycles. The van der Waals surface area contributed by atoms with Crippen molar-refractivity contribution in [1.29, 1.82) is 0 Å². The van der Waals surface area contributed by atoms with Gasteiger partial charge in [-0.3, -0.25) is 14.9 Å². The number of nitro benzene ring substituents is 1. The number of amides is 1. The topological polar surface area (TPSA) is 89.5 Å². The number of rotatable bonds is 3. The van der Waals surface area contributed by atoms with Crippen LogP contribution in [0.25, 0.3) is 0 Å². The summed E-state index contributed by atoms with van der Waals surface area (Å²) in [5.41, 5.74) is 6.56. The fourth-order valence-electron chi connectivity index (χ4n) is 2.64. The van der Waals surface area contributed by atoms with Gasteiger partial charge in [0.05, 0.1) is 4.92 Å². The van der Waals surface area contributed by atoms with E-state index in [1.807, 2.05) is 6.92 Å². The van der Waals surface area contributed by atoms with Gasteiger partial charge >= 0.3 is 0 Å². The third kappa shape index (κ3) is 2.65. The molecule has 1 aliphatic rings. The molecule has 2 N–H and O–H groups in total. The van der Waals surface area contributed by atoms with Crippen LogP contribution in [-0.2, 0) is 0 Å². The van der Waals surface area contributed by atoms with E-state index >= 15 is 0 Å². The highest BCUT2D eigenvalue weighted by Gasteiger charge is 2.32. The van der Waals surface area contributed by atoms with Crippen molar-refractivity contribution in [2.24, 2.45) is 11.7 Å². The molecular formula is C14H19N3O3. The second-order valence-electron chi connectivity index (χ2n) is 5.39. The first kappa shape index (κ1) is 14.5. The summed E-state index contributed by atoms with van der Waals surface area (Å²) in [6.07, 6.45) is 0.850. The second kappa shape index (κ2) is 5.58. The smallest absolute Gasteiger partial charge is 0.282 e. The highest BCUT2D eigenvalue weighted by Crippen LogP contribution is 2.27. The molecule has 1 fully saturated rings. The Balaban J connectivity index is 2.29. The summed E-state index contributed by atoms with van der Waals surface area (Å²) >= 11 is 0. The van der Waals surface area contributed by atoms with Crippen LogP contribution in [0.15, 0.2) is 18.2 Å². The highest BCUT2D eigenvalue weighted by atomic mass is 16.6. The molecule has 20 heavy (non-hydrogen) atoms. The molecule has 0 saturated carbocycles. The van der Waals surface area contributed by atoms with Crippen molar-refractivity contribution < 1.29 is 9.72 Å². The average molecular weight is 277 g/mol. The lowest BCUT2D eigenvalue weighted by molar-refractivity contribution is -0.385. The van der Waals surface area contributed by atoms with Crippen molar-refractivity contribution >= 4 is 11.6 Å². The van der Waals surface area contributed by atoms with Crippen LogP contribution in [0.4, 0.5) is 5.69 Å². The molecule has 0 bridgehead atoms. The Morgan fingerprint density at radius 3 is 2.80 bits per heavy atom. The fourth-order valence-corrected chi connectivity index (χ4v) is 2.64. The van der Waals surface area contributed by atoms with E-state index in [0.29, 0.717) is 18.7 Å². The molecule has 2 rings (SSSR count). The predicted octanol–water partition coefficient (Wildman–Crippen LogP) is 1.71. The van der Waals surface area contributed by atoms with Crippen molar-refractivity contribution in [3.8, 4) is 0 Å². The lowest BCUT2D eigenvalue weighted by atomic mass is 10.0. The van der Waals surface area contributed by atoms with E-state index in [-0.39, 0.29) is 29.1 Å². The molecule has 1 aliphatic heterocycles. The van der Waals surface area contributed by atoms with Crippen LogP contribution in [0.5, 0.6) is 0 Å². The fraction of sp³-hybridized carbons (Fsp3) is 0.500. The summed E-state index contributed by atoms with van der Waals surface area (Å²) in [5.74, 6) is -0.0000236. The first-order valence-electron chi connectivity index (χ1n) is 6.70. The SMILES string of the molecule is Cc1cccc([N+](=O)[O-])c1C(=O)N1CCC(C(C)N)C1. The van der Waals surface area contributed by atoms with Gasteiger partial charge in [-0.25, -0.2) is 0 Å². The minimum Gasteiger partial charge on any atom is -0.338 e. The van der Waals surface area contributed by atoms with Crippen LogP contribution in [-0.4, -0.2) is 34.9 Å². The zero-order chi connectivity index (χ0) is 14.9. The van der Waals surface area contributed by atoms with Crippen molar-refractivity contribution in [3.63, 3.8) is 0 Å². The average Bonchev–Trinajstić information content (AvgIpc) is 2.87. The van der Waals surface area contributed by atoms with Gasteiger partial charge in [-0.1, -0.05) is 12.1 Å². The van der Waals surface area contributed by atoms with Gasteiger partial charge in [0.2, 0.25) is 0 Å². The van der Waals surface area contributed by atoms with Gasteiger partial charge in [0.25, 0.3) is 11.6 Å². The summed E-state index contributed by atoms with van der Waals surface area (Å²) in [4.78, 5) is 24.8. The maximum Gasteiger partial charge on any atom is 0.282 e. The predicted molar refractivity (Wildman–Crippen MR) is 75.5 cm³/mol. The minimum absolute atomic E-state index is 0.0275. The number of nitro groups is 1. The Morgan fingerprint density at radius 1 is 1.55 bits per heavy atom. The van der Waals surface area contributed by atoms with E-state index in [1.54, 1.807) is 24.0 Å². The van der Waals surface area contributed by atoms with E-state index in [1.165, 1.54) is 6.07 Å². The number of nitrogens with two attached hydrogens (primary N) is 1. The van der Waals surface area contributed by atoms with E-state index < -0.39 is 4.92 Å². The Labute approximate surface area is 117 Å². The molecule has 6 nitrogen and oxygen atoms in total. The maximum atomic E-state index is 12.5. The molecule has 108 valence electrons. The number of hydrogen-bond acceptors (Lipinski definition) is 4. The molecule has 0 spiro atoms. The Hall–Kier alpha value is -1.95. The lowest BCUT2D eigenvalue weighted by Gasteiger charge is -2.19. The molecule has 1 amide bonds. The van der Waals surface area contributed by atoms with Crippen LogP contribution in [0.2, 0.25) is 0 Å². The van der Waals surface area contributed by atoms with Crippen LogP contribution < -0.4 is 5.73 Å². The van der Waals surface area contributed by atoms with Crippen molar-refractivity contribution in [3.05, 3.63) is 39.4 Å². The summed E-state index contributed by atoms with van der Waals surface area (Å²) < 4.78 is 0. The zero-order valence-corrected chi connectivity index (χ0v) is 11.7. The van der Waals surface area contributed by atoms with Gasteiger partial charge < -0.3 is 10.6 Å². The molecule has 1 aromatic rings. The Bertz CT molecular complexity index is 542. The molecule has 0 radical (unpaired) electrons. The lowest BCUT2D eigenvalue weighted by Crippen LogP contribution is -2.33. The molecule has 2 unspecified atom stereocenters. The van der Waals surface area contributed by atoms with Gasteiger partial charge in [0.1, 0.15) is 5.56 Å². The summed E-state index contributed by atoms with van der Waals surface area (Å²) in [5, 5.41) is 11.1. The molecule has 1 heterocycles. The third-order valence-electron chi connectivity index (χ3n) is 3.92. The number of carbonyl (C=O) groups is 1. The monoisotopic (exact) mass is 277 g/mol. The first-order valence-corrected chi connectivity index (χ1v) is 6.70. The summed E-state index contributed by atoms with van der Waals surface area (Å²) in [7, 11) is 0. The number of aryl methyl sites for hydroxylation is 1. The highest BCUT2D eigenvalue weighted by molar-refractivity contribution is 5.99. The van der Waals surface area contributed by atoms with Crippen LogP contribution in [0, 0.1) is 23.0 Å². The van der Waals surface area contributed by atoms with E-state index in [2.05, 4.69) is 0 Å².